The van der Waals surface area contributed by atoms with Gasteiger partial charge in [0.1, 0.15) is 10.7 Å². The smallest absolute Gasteiger partial charge is 0.244 e. The normalized spacial score (nSPS) is 14.2. The van der Waals surface area contributed by atoms with Crippen LogP contribution in [0.3, 0.4) is 0 Å². The molecule has 29 heavy (non-hydrogen) atoms. The van der Waals surface area contributed by atoms with Gasteiger partial charge in [0.05, 0.1) is 5.39 Å². The van der Waals surface area contributed by atoms with E-state index in [0.29, 0.717) is 0 Å². The van der Waals surface area contributed by atoms with Crippen molar-refractivity contribution < 1.29 is 0 Å². The van der Waals surface area contributed by atoms with Gasteiger partial charge in [-0.1, -0.05) is 42.1 Å². The van der Waals surface area contributed by atoms with Gasteiger partial charge >= 0.3 is 0 Å². The molecule has 1 aromatic carbocycles. The number of thiophene rings is 1. The lowest BCUT2D eigenvalue weighted by Gasteiger charge is -2.10. The Morgan fingerprint density at radius 2 is 1.97 bits per heavy atom. The molecule has 0 unspecified atom stereocenters. The van der Waals surface area contributed by atoms with E-state index in [1.54, 1.807) is 11.8 Å². The van der Waals surface area contributed by atoms with Crippen LogP contribution in [0.15, 0.2) is 35.5 Å². The molecular formula is C21H20N6S2. The summed E-state index contributed by atoms with van der Waals surface area (Å²) < 4.78 is 4.09. The number of hydrogen-bond acceptors (Lipinski definition) is 6. The van der Waals surface area contributed by atoms with Crippen molar-refractivity contribution in [3.8, 4) is 0 Å². The quantitative estimate of drug-likeness (QED) is 0.400. The van der Waals surface area contributed by atoms with Gasteiger partial charge in [-0.15, -0.1) is 26.6 Å². The number of fused-ring (bicyclic) bond motifs is 8. The molecule has 0 radical (unpaired) electrons. The predicted octanol–water partition coefficient (Wildman–Crippen LogP) is 4.51. The molecule has 6 rings (SSSR count). The second kappa shape index (κ2) is 6.81. The molecule has 6 nitrogen and oxygen atoms in total. The van der Waals surface area contributed by atoms with E-state index in [2.05, 4.69) is 50.0 Å². The van der Waals surface area contributed by atoms with Crippen LogP contribution >= 0.6 is 23.1 Å². The molecule has 0 spiro atoms. The third-order valence-electron chi connectivity index (χ3n) is 5.56. The minimum absolute atomic E-state index is 0.758. The molecule has 8 heteroatoms. The Labute approximate surface area is 176 Å². The van der Waals surface area contributed by atoms with E-state index in [9.17, 15) is 0 Å². The first-order chi connectivity index (χ1) is 14.3. The van der Waals surface area contributed by atoms with E-state index in [4.69, 9.17) is 4.98 Å². The lowest BCUT2D eigenvalue weighted by Crippen LogP contribution is -2.02. The second-order valence-corrected chi connectivity index (χ2v) is 9.63. The van der Waals surface area contributed by atoms with Gasteiger partial charge in [0, 0.05) is 10.6 Å². The zero-order valence-corrected chi connectivity index (χ0v) is 17.8. The first kappa shape index (κ1) is 17.4. The fraction of sp³-hybridized carbons (Fsp3) is 0.333. The molecule has 4 heterocycles. The van der Waals surface area contributed by atoms with E-state index in [1.807, 2.05) is 22.8 Å². The molecule has 1 aliphatic carbocycles. The number of hydrogen-bond donors (Lipinski definition) is 0. The van der Waals surface area contributed by atoms with Crippen molar-refractivity contribution in [1.82, 2.24) is 29.2 Å². The summed E-state index contributed by atoms with van der Waals surface area (Å²) in [6, 6.07) is 10.6. The summed E-state index contributed by atoms with van der Waals surface area (Å²) in [4.78, 5) is 7.47. The van der Waals surface area contributed by atoms with Crippen molar-refractivity contribution in [2.45, 2.75) is 44.2 Å². The molecule has 0 saturated carbocycles. The minimum atomic E-state index is 0.758. The largest absolute Gasteiger partial charge is 0.260 e. The van der Waals surface area contributed by atoms with Crippen molar-refractivity contribution in [2.75, 3.05) is 5.75 Å². The van der Waals surface area contributed by atoms with Crippen LogP contribution in [0.25, 0.3) is 21.6 Å². The van der Waals surface area contributed by atoms with Gasteiger partial charge in [-0.2, -0.15) is 4.52 Å². The molecule has 5 aromatic rings. The lowest BCUT2D eigenvalue weighted by molar-refractivity contribution is 0.700. The van der Waals surface area contributed by atoms with Crippen LogP contribution in [0.4, 0.5) is 0 Å². The molecular weight excluding hydrogens is 400 g/mol. The third-order valence-corrected chi connectivity index (χ3v) is 7.77. The van der Waals surface area contributed by atoms with Gasteiger partial charge in [0.25, 0.3) is 5.78 Å². The molecule has 0 N–H and O–H groups in total. The Morgan fingerprint density at radius 3 is 2.86 bits per heavy atom. The molecule has 0 bridgehead atoms. The molecule has 146 valence electrons. The van der Waals surface area contributed by atoms with Crippen LogP contribution < -0.4 is 0 Å². The van der Waals surface area contributed by atoms with Gasteiger partial charge in [0.15, 0.2) is 10.8 Å². The predicted molar refractivity (Wildman–Crippen MR) is 117 cm³/mol. The Bertz CT molecular complexity index is 1350. The van der Waals surface area contributed by atoms with Gasteiger partial charge in [-0.05, 0) is 50.2 Å². The van der Waals surface area contributed by atoms with Crippen LogP contribution in [0.2, 0.25) is 0 Å². The molecule has 0 fully saturated rings. The highest BCUT2D eigenvalue weighted by Crippen LogP contribution is 2.39. The summed E-state index contributed by atoms with van der Waals surface area (Å²) in [6.07, 6.45) is 5.81. The van der Waals surface area contributed by atoms with E-state index in [-0.39, 0.29) is 0 Å². The molecule has 0 atom stereocenters. The van der Waals surface area contributed by atoms with E-state index >= 15 is 0 Å². The van der Waals surface area contributed by atoms with E-state index in [0.717, 1.165) is 47.4 Å². The van der Waals surface area contributed by atoms with E-state index < -0.39 is 0 Å². The highest BCUT2D eigenvalue weighted by atomic mass is 32.2. The van der Waals surface area contributed by atoms with Crippen LogP contribution in [0.1, 0.15) is 34.7 Å². The number of aromatic nitrogens is 6. The minimum Gasteiger partial charge on any atom is -0.244 e. The number of rotatable bonds is 4. The Kier molecular flexibility index (Phi) is 4.09. The highest BCUT2D eigenvalue weighted by Gasteiger charge is 2.25. The Hall–Kier alpha value is -2.45. The first-order valence-electron chi connectivity index (χ1n) is 10.0. The Balaban J connectivity index is 1.51. The highest BCUT2D eigenvalue weighted by molar-refractivity contribution is 7.99. The number of aryl methyl sites for hydroxylation is 4. The van der Waals surface area contributed by atoms with Gasteiger partial charge in [-0.25, -0.2) is 9.38 Å². The van der Waals surface area contributed by atoms with Crippen LogP contribution in [-0.2, 0) is 19.3 Å². The van der Waals surface area contributed by atoms with Gasteiger partial charge in [-0.3, -0.25) is 0 Å². The van der Waals surface area contributed by atoms with Crippen molar-refractivity contribution in [2.24, 2.45) is 0 Å². The van der Waals surface area contributed by atoms with Gasteiger partial charge < -0.3 is 0 Å². The maximum atomic E-state index is 4.75. The monoisotopic (exact) mass is 420 g/mol. The van der Waals surface area contributed by atoms with E-state index in [1.165, 1.54) is 39.1 Å². The average Bonchev–Trinajstić information content (AvgIpc) is 3.43. The van der Waals surface area contributed by atoms with Crippen molar-refractivity contribution in [1.29, 1.82) is 0 Å². The first-order valence-corrected chi connectivity index (χ1v) is 11.8. The molecule has 0 saturated heterocycles. The molecule has 0 amide bonds. The third kappa shape index (κ3) is 2.77. The summed E-state index contributed by atoms with van der Waals surface area (Å²) in [7, 11) is 0. The van der Waals surface area contributed by atoms with Crippen molar-refractivity contribution >= 4 is 44.7 Å². The van der Waals surface area contributed by atoms with Crippen molar-refractivity contribution in [3.63, 3.8) is 0 Å². The second-order valence-electron chi connectivity index (χ2n) is 7.49. The van der Waals surface area contributed by atoms with Crippen LogP contribution in [0.5, 0.6) is 0 Å². The number of nitrogens with zero attached hydrogens (tertiary/aromatic N) is 6. The van der Waals surface area contributed by atoms with Crippen molar-refractivity contribution in [3.05, 3.63) is 52.2 Å². The summed E-state index contributed by atoms with van der Waals surface area (Å²) in [5.74, 6) is 2.50. The number of benzene rings is 1. The Morgan fingerprint density at radius 1 is 1.10 bits per heavy atom. The standard InChI is InChI=1S/C21H20N6S2/c1-13-22-18-17-15-9-5-6-10-16(15)29-19(17)26-20(27(18)25-13)23-24-21(26)28-12-11-14-7-3-2-4-8-14/h2-4,7-8H,5-6,9-12H2,1H3. The summed E-state index contributed by atoms with van der Waals surface area (Å²) in [6.45, 7) is 1.94. The maximum Gasteiger partial charge on any atom is 0.260 e. The lowest BCUT2D eigenvalue weighted by atomic mass is 9.97. The zero-order chi connectivity index (χ0) is 19.4. The summed E-state index contributed by atoms with van der Waals surface area (Å²) >= 11 is 3.65. The molecule has 0 aliphatic heterocycles. The summed E-state index contributed by atoms with van der Waals surface area (Å²) in [5, 5.41) is 15.9. The fourth-order valence-corrected chi connectivity index (χ4v) is 6.59. The summed E-state index contributed by atoms with van der Waals surface area (Å²) in [5.41, 5.74) is 3.74. The van der Waals surface area contributed by atoms with Crippen LogP contribution in [0, 0.1) is 6.92 Å². The average molecular weight is 421 g/mol. The SMILES string of the molecule is Cc1nc2c3c4c(sc3n3c(SCCc5ccccc5)nnc3n2n1)CCCC4. The maximum absolute atomic E-state index is 4.75. The number of thioether (sulfide) groups is 1. The van der Waals surface area contributed by atoms with Crippen LogP contribution in [-0.4, -0.2) is 34.9 Å². The zero-order valence-electron chi connectivity index (χ0n) is 16.1. The van der Waals surface area contributed by atoms with Gasteiger partial charge in [0.2, 0.25) is 0 Å². The topological polar surface area (TPSA) is 60.4 Å². The fourth-order valence-electron chi connectivity index (χ4n) is 4.23. The molecule has 4 aromatic heterocycles. The molecule has 1 aliphatic rings.